The molecule has 0 saturated carbocycles. The second-order valence-electron chi connectivity index (χ2n) is 4.25. The summed E-state index contributed by atoms with van der Waals surface area (Å²) in [6.07, 6.45) is 3.37. The first-order valence-corrected chi connectivity index (χ1v) is 6.28. The van der Waals surface area contributed by atoms with Crippen LogP contribution in [-0.2, 0) is 6.54 Å². The third-order valence-corrected chi connectivity index (χ3v) is 3.02. The van der Waals surface area contributed by atoms with Gasteiger partial charge in [0.25, 0.3) is 5.91 Å². The van der Waals surface area contributed by atoms with Crippen molar-refractivity contribution >= 4 is 28.9 Å². The number of amides is 1. The molecule has 0 aromatic carbocycles. The molecule has 0 radical (unpaired) electrons. The number of carbonyl (C=O) groups excluding carboxylic acids is 1. The first-order chi connectivity index (χ1) is 9.01. The van der Waals surface area contributed by atoms with Gasteiger partial charge in [-0.25, -0.2) is 4.98 Å². The van der Waals surface area contributed by atoms with Gasteiger partial charge in [-0.1, -0.05) is 11.6 Å². The summed E-state index contributed by atoms with van der Waals surface area (Å²) in [5.74, 6) is -0.257. The van der Waals surface area contributed by atoms with Crippen LogP contribution in [0.25, 0.3) is 0 Å². The van der Waals surface area contributed by atoms with Gasteiger partial charge < -0.3 is 15.6 Å². The predicted octanol–water partition coefficient (Wildman–Crippen LogP) is 2.70. The quantitative estimate of drug-likeness (QED) is 0.848. The Balaban J connectivity index is 2.27. The molecule has 100 valence electrons. The van der Waals surface area contributed by atoms with E-state index in [1.165, 1.54) is 0 Å². The Labute approximate surface area is 116 Å². The molecule has 0 unspecified atom stereocenters. The monoisotopic (exact) mass is 278 g/mol. The SMILES string of the molecule is CCn1cc(N)cc1C(=O)Nc1cc(C)cnc1Cl. The molecular formula is C13H15ClN4O. The molecule has 0 fully saturated rings. The lowest BCUT2D eigenvalue weighted by atomic mass is 10.3. The van der Waals surface area contributed by atoms with Crippen molar-refractivity contribution < 1.29 is 4.79 Å². The number of nitrogen functional groups attached to an aromatic ring is 1. The molecule has 0 bridgehead atoms. The highest BCUT2D eigenvalue weighted by Gasteiger charge is 2.14. The zero-order chi connectivity index (χ0) is 14.0. The Kier molecular flexibility index (Phi) is 3.76. The summed E-state index contributed by atoms with van der Waals surface area (Å²) in [7, 11) is 0. The van der Waals surface area contributed by atoms with Gasteiger partial charge in [-0.15, -0.1) is 0 Å². The smallest absolute Gasteiger partial charge is 0.272 e. The Morgan fingerprint density at radius 2 is 2.26 bits per heavy atom. The van der Waals surface area contributed by atoms with Gasteiger partial charge in [0.1, 0.15) is 5.69 Å². The summed E-state index contributed by atoms with van der Waals surface area (Å²) in [5, 5.41) is 3.01. The van der Waals surface area contributed by atoms with Gasteiger partial charge in [-0.3, -0.25) is 4.79 Å². The van der Waals surface area contributed by atoms with E-state index in [4.69, 9.17) is 17.3 Å². The van der Waals surface area contributed by atoms with E-state index in [9.17, 15) is 4.79 Å². The topological polar surface area (TPSA) is 72.9 Å². The van der Waals surface area contributed by atoms with E-state index in [0.717, 1.165) is 5.56 Å². The Morgan fingerprint density at radius 1 is 1.53 bits per heavy atom. The second-order valence-corrected chi connectivity index (χ2v) is 4.61. The number of halogens is 1. The summed E-state index contributed by atoms with van der Waals surface area (Å²) in [5.41, 5.74) is 8.17. The number of nitrogens with zero attached hydrogens (tertiary/aromatic N) is 2. The average Bonchev–Trinajstić information content (AvgIpc) is 2.75. The molecule has 2 aromatic heterocycles. The fourth-order valence-corrected chi connectivity index (χ4v) is 1.96. The van der Waals surface area contributed by atoms with Crippen LogP contribution >= 0.6 is 11.6 Å². The second kappa shape index (κ2) is 5.32. The molecule has 0 spiro atoms. The van der Waals surface area contributed by atoms with Crippen molar-refractivity contribution in [2.75, 3.05) is 11.1 Å². The summed E-state index contributed by atoms with van der Waals surface area (Å²) in [6.45, 7) is 4.49. The van der Waals surface area contributed by atoms with Crippen LogP contribution in [-0.4, -0.2) is 15.5 Å². The van der Waals surface area contributed by atoms with Gasteiger partial charge in [-0.05, 0) is 31.5 Å². The average molecular weight is 279 g/mol. The number of anilines is 2. The number of pyridine rings is 1. The van der Waals surface area contributed by atoms with Crippen molar-refractivity contribution in [1.29, 1.82) is 0 Å². The largest absolute Gasteiger partial charge is 0.397 e. The van der Waals surface area contributed by atoms with Crippen LogP contribution in [0.4, 0.5) is 11.4 Å². The summed E-state index contributed by atoms with van der Waals surface area (Å²) < 4.78 is 1.78. The van der Waals surface area contributed by atoms with Gasteiger partial charge in [0.2, 0.25) is 0 Å². The lowest BCUT2D eigenvalue weighted by Gasteiger charge is -2.09. The molecule has 3 N–H and O–H groups in total. The lowest BCUT2D eigenvalue weighted by Crippen LogP contribution is -2.16. The number of carbonyl (C=O) groups is 1. The van der Waals surface area contributed by atoms with E-state index >= 15 is 0 Å². The van der Waals surface area contributed by atoms with Crippen LogP contribution in [0.15, 0.2) is 24.5 Å². The van der Waals surface area contributed by atoms with Crippen molar-refractivity contribution in [3.05, 3.63) is 40.9 Å². The Hall–Kier alpha value is -2.01. The third-order valence-electron chi connectivity index (χ3n) is 2.72. The zero-order valence-corrected chi connectivity index (χ0v) is 11.5. The van der Waals surface area contributed by atoms with E-state index in [-0.39, 0.29) is 11.1 Å². The van der Waals surface area contributed by atoms with Gasteiger partial charge in [-0.2, -0.15) is 0 Å². The number of nitrogens with one attached hydrogen (secondary N) is 1. The van der Waals surface area contributed by atoms with Gasteiger partial charge >= 0.3 is 0 Å². The molecule has 2 aromatic rings. The number of hydrogen-bond acceptors (Lipinski definition) is 3. The number of aryl methyl sites for hydroxylation is 2. The molecule has 19 heavy (non-hydrogen) atoms. The van der Waals surface area contributed by atoms with Crippen molar-refractivity contribution in [1.82, 2.24) is 9.55 Å². The zero-order valence-electron chi connectivity index (χ0n) is 10.8. The van der Waals surface area contributed by atoms with Crippen LogP contribution in [0, 0.1) is 6.92 Å². The number of rotatable bonds is 3. The third kappa shape index (κ3) is 2.88. The molecular weight excluding hydrogens is 264 g/mol. The van der Waals surface area contributed by atoms with Crippen molar-refractivity contribution in [3.63, 3.8) is 0 Å². The maximum Gasteiger partial charge on any atom is 0.272 e. The first-order valence-electron chi connectivity index (χ1n) is 5.90. The normalized spacial score (nSPS) is 10.5. The van der Waals surface area contributed by atoms with E-state index in [0.29, 0.717) is 23.6 Å². The maximum absolute atomic E-state index is 12.2. The summed E-state index contributed by atoms with van der Waals surface area (Å²) in [4.78, 5) is 16.2. The minimum atomic E-state index is -0.257. The number of aromatic nitrogens is 2. The van der Waals surface area contributed by atoms with Crippen LogP contribution in [0.1, 0.15) is 23.0 Å². The first kappa shape index (κ1) is 13.4. The molecule has 0 aliphatic carbocycles. The molecule has 0 atom stereocenters. The Bertz CT molecular complexity index is 621. The van der Waals surface area contributed by atoms with E-state index in [1.807, 2.05) is 13.8 Å². The molecule has 2 rings (SSSR count). The van der Waals surface area contributed by atoms with E-state index in [2.05, 4.69) is 10.3 Å². The highest BCUT2D eigenvalue weighted by Crippen LogP contribution is 2.21. The van der Waals surface area contributed by atoms with Crippen LogP contribution in [0.5, 0.6) is 0 Å². The molecule has 1 amide bonds. The molecule has 0 saturated heterocycles. The minimum Gasteiger partial charge on any atom is -0.397 e. The molecule has 2 heterocycles. The number of hydrogen-bond donors (Lipinski definition) is 2. The summed E-state index contributed by atoms with van der Waals surface area (Å²) in [6, 6.07) is 3.41. The van der Waals surface area contributed by atoms with Crippen LogP contribution < -0.4 is 11.1 Å². The van der Waals surface area contributed by atoms with E-state index in [1.54, 1.807) is 29.1 Å². The van der Waals surface area contributed by atoms with E-state index < -0.39 is 0 Å². The standard InChI is InChI=1S/C13H15ClN4O/c1-3-18-7-9(15)5-11(18)13(19)17-10-4-8(2)6-16-12(10)14/h4-7H,3,15H2,1-2H3,(H,17,19). The minimum absolute atomic E-state index is 0.257. The fraction of sp³-hybridized carbons (Fsp3) is 0.231. The van der Waals surface area contributed by atoms with Gasteiger partial charge in [0.15, 0.2) is 5.15 Å². The highest BCUT2D eigenvalue weighted by molar-refractivity contribution is 6.32. The van der Waals surface area contributed by atoms with Crippen LogP contribution in [0.3, 0.4) is 0 Å². The summed E-state index contributed by atoms with van der Waals surface area (Å²) >= 11 is 5.95. The van der Waals surface area contributed by atoms with Crippen molar-refractivity contribution in [3.8, 4) is 0 Å². The van der Waals surface area contributed by atoms with Gasteiger partial charge in [0, 0.05) is 18.9 Å². The highest BCUT2D eigenvalue weighted by atomic mass is 35.5. The van der Waals surface area contributed by atoms with Crippen LogP contribution in [0.2, 0.25) is 5.15 Å². The molecule has 5 nitrogen and oxygen atoms in total. The molecule has 0 aliphatic rings. The molecule has 0 aliphatic heterocycles. The maximum atomic E-state index is 12.2. The Morgan fingerprint density at radius 3 is 2.95 bits per heavy atom. The lowest BCUT2D eigenvalue weighted by molar-refractivity contribution is 0.101. The predicted molar refractivity (Wildman–Crippen MR) is 76.5 cm³/mol. The fourth-order valence-electron chi connectivity index (χ4n) is 1.81. The van der Waals surface area contributed by atoms with Gasteiger partial charge in [0.05, 0.1) is 11.4 Å². The molecule has 6 heteroatoms. The van der Waals surface area contributed by atoms with Crippen molar-refractivity contribution in [2.24, 2.45) is 0 Å². The number of nitrogens with two attached hydrogens (primary N) is 1. The van der Waals surface area contributed by atoms with Crippen molar-refractivity contribution in [2.45, 2.75) is 20.4 Å².